The van der Waals surface area contributed by atoms with Gasteiger partial charge in [0.25, 0.3) is 0 Å². The monoisotopic (exact) mass is 586 g/mol. The van der Waals surface area contributed by atoms with Crippen molar-refractivity contribution in [3.8, 4) is 0 Å². The Hall–Kier alpha value is -5.14. The van der Waals surface area contributed by atoms with Crippen LogP contribution in [0.3, 0.4) is 0 Å². The topological polar surface area (TPSA) is 123 Å². The zero-order chi connectivity index (χ0) is 27.1. The molecule has 41 heavy (non-hydrogen) atoms. The minimum Gasteiger partial charge on any atom is -0.858 e. The van der Waals surface area contributed by atoms with Crippen molar-refractivity contribution in [3.05, 3.63) is 131 Å². The Labute approximate surface area is 246 Å². The normalized spacial score (nSPS) is 15.2. The van der Waals surface area contributed by atoms with Gasteiger partial charge in [0.05, 0.1) is 11.4 Å². The summed E-state index contributed by atoms with van der Waals surface area (Å²) in [4.78, 5) is 16.8. The molecule has 0 saturated carbocycles. The van der Waals surface area contributed by atoms with Crippen LogP contribution < -0.4 is 10.2 Å². The van der Waals surface area contributed by atoms with E-state index in [-0.39, 0.29) is 31.3 Å². The maximum Gasteiger partial charge on any atom is 2.00 e. The van der Waals surface area contributed by atoms with Crippen molar-refractivity contribution < 1.29 is 38.5 Å². The summed E-state index contributed by atoms with van der Waals surface area (Å²) < 4.78 is 11.2. The van der Waals surface area contributed by atoms with Crippen LogP contribution in [0.1, 0.15) is 34.0 Å². The summed E-state index contributed by atoms with van der Waals surface area (Å²) in [6.07, 6.45) is 3.40. The van der Waals surface area contributed by atoms with Gasteiger partial charge < -0.3 is 19.0 Å². The average molecular weight is 588 g/mol. The number of oxazole rings is 2. The number of fused-ring (bicyclic) bond motifs is 4. The summed E-state index contributed by atoms with van der Waals surface area (Å²) in [6.45, 7) is 0. The van der Waals surface area contributed by atoms with Crippen molar-refractivity contribution in [2.75, 3.05) is 0 Å². The zero-order valence-corrected chi connectivity index (χ0v) is 24.5. The molecule has 0 N–H and O–H groups in total. The second kappa shape index (κ2) is 10.8. The summed E-state index contributed by atoms with van der Waals surface area (Å²) in [5.41, 5.74) is 7.08. The molecule has 0 amide bonds. The van der Waals surface area contributed by atoms with Crippen LogP contribution in [0.5, 0.6) is 0 Å². The average Bonchev–Trinajstić information content (AvgIpc) is 3.73. The van der Waals surface area contributed by atoms with Crippen LogP contribution in [0, 0.1) is 0 Å². The Bertz CT molecular complexity index is 1840. The minimum atomic E-state index is -0.219. The van der Waals surface area contributed by atoms with Gasteiger partial charge in [-0.05, 0) is 47.2 Å². The first-order valence-electron chi connectivity index (χ1n) is 12.5. The summed E-state index contributed by atoms with van der Waals surface area (Å²) in [5.74, 6) is 0.467. The summed E-state index contributed by atoms with van der Waals surface area (Å²) in [5, 5.41) is 23.6. The largest absolute Gasteiger partial charge is 2.00 e. The molecule has 0 aliphatic carbocycles. The summed E-state index contributed by atoms with van der Waals surface area (Å²) >= 11 is 0. The molecule has 6 aromatic rings. The molecule has 9 heteroatoms. The van der Waals surface area contributed by atoms with Crippen LogP contribution in [0.15, 0.2) is 116 Å². The fourth-order valence-electron chi connectivity index (χ4n) is 4.60. The molecule has 0 unspecified atom stereocenters. The first-order valence-corrected chi connectivity index (χ1v) is 12.5. The zero-order valence-electron chi connectivity index (χ0n) is 21.5. The third-order valence-corrected chi connectivity index (χ3v) is 6.45. The van der Waals surface area contributed by atoms with Gasteiger partial charge in [-0.25, -0.2) is 9.97 Å². The molecule has 0 saturated heterocycles. The number of hydrogen-bond acceptors (Lipinski definition) is 8. The van der Waals surface area contributed by atoms with E-state index in [0.717, 1.165) is 33.3 Å². The third kappa shape index (κ3) is 4.99. The van der Waals surface area contributed by atoms with Gasteiger partial charge in [-0.3, -0.25) is 9.98 Å². The van der Waals surface area contributed by atoms with E-state index in [4.69, 9.17) is 8.83 Å². The number of hydrogen-bond donors (Lipinski definition) is 0. The first kappa shape index (κ1) is 26.1. The Morgan fingerprint density at radius 3 is 1.27 bits per heavy atom. The second-order valence-corrected chi connectivity index (χ2v) is 9.02. The van der Waals surface area contributed by atoms with Gasteiger partial charge in [-0.2, -0.15) is 0 Å². The van der Waals surface area contributed by atoms with E-state index in [9.17, 15) is 10.2 Å². The van der Waals surface area contributed by atoms with Crippen LogP contribution >= 0.6 is 0 Å². The number of aromatic nitrogens is 2. The van der Waals surface area contributed by atoms with E-state index in [0.29, 0.717) is 34.3 Å². The van der Waals surface area contributed by atoms with Gasteiger partial charge in [-0.15, -0.1) is 0 Å². The van der Waals surface area contributed by atoms with Crippen molar-refractivity contribution in [1.29, 1.82) is 0 Å². The van der Waals surface area contributed by atoms with Crippen molar-refractivity contribution in [2.45, 2.75) is 0 Å². The van der Waals surface area contributed by atoms with E-state index in [1.807, 2.05) is 84.9 Å². The molecule has 4 aromatic carbocycles. The molecular formula is C32H18N4O4Zn. The molecule has 4 heterocycles. The summed E-state index contributed by atoms with van der Waals surface area (Å²) in [6, 6.07) is 29.8. The minimum absolute atomic E-state index is 0. The predicted octanol–water partition coefficient (Wildman–Crippen LogP) is 4.89. The quantitative estimate of drug-likeness (QED) is 0.266. The van der Waals surface area contributed by atoms with Crippen LogP contribution in [-0.4, -0.2) is 21.8 Å². The van der Waals surface area contributed by atoms with Gasteiger partial charge >= 0.3 is 19.5 Å². The van der Waals surface area contributed by atoms with E-state index in [1.165, 1.54) is 0 Å². The Kier molecular flexibility index (Phi) is 6.87. The predicted molar refractivity (Wildman–Crippen MR) is 150 cm³/mol. The van der Waals surface area contributed by atoms with Gasteiger partial charge in [-0.1, -0.05) is 72.8 Å². The number of rotatable bonds is 2. The maximum atomic E-state index is 11.8. The molecule has 2 aliphatic rings. The summed E-state index contributed by atoms with van der Waals surface area (Å²) in [7, 11) is 0. The first-order chi connectivity index (χ1) is 19.6. The van der Waals surface area contributed by atoms with E-state index >= 15 is 0 Å². The smallest absolute Gasteiger partial charge is 0.858 e. The van der Waals surface area contributed by atoms with Crippen LogP contribution in [-0.2, 0) is 19.5 Å². The number of aliphatic imine (C=N–C) groups is 2. The molecule has 0 atom stereocenters. The molecule has 0 fully saturated rings. The van der Waals surface area contributed by atoms with Crippen molar-refractivity contribution in [3.63, 3.8) is 0 Å². The van der Waals surface area contributed by atoms with E-state index in [1.54, 1.807) is 24.3 Å². The Balaban J connectivity index is 0.000000144. The molecular weight excluding hydrogens is 570 g/mol. The number of benzene rings is 4. The van der Waals surface area contributed by atoms with Crippen molar-refractivity contribution in [2.24, 2.45) is 9.98 Å². The fourth-order valence-corrected chi connectivity index (χ4v) is 4.60. The van der Waals surface area contributed by atoms with Crippen molar-refractivity contribution >= 4 is 57.5 Å². The second-order valence-electron chi connectivity index (χ2n) is 9.02. The van der Waals surface area contributed by atoms with E-state index < -0.39 is 0 Å². The van der Waals surface area contributed by atoms with Crippen LogP contribution in [0.25, 0.3) is 45.7 Å². The van der Waals surface area contributed by atoms with Crippen LogP contribution in [0.4, 0.5) is 0 Å². The molecule has 2 aromatic heterocycles. The molecule has 8 rings (SSSR count). The number of nitrogens with zero attached hydrogens (tertiary/aromatic N) is 4. The molecule has 0 radical (unpaired) electrons. The van der Waals surface area contributed by atoms with Gasteiger partial charge in [0.1, 0.15) is 11.0 Å². The maximum absolute atomic E-state index is 11.8. The molecule has 0 spiro atoms. The van der Waals surface area contributed by atoms with E-state index in [2.05, 4.69) is 20.0 Å². The third-order valence-electron chi connectivity index (χ3n) is 6.45. The standard InChI is InChI=1S/2C16H10N2O2.Zn/c2*19-16-11-6-2-1-5-10(11)13(18-16)9-15-17-12-7-3-4-8-14(12)20-15;/h2*1-9H,(H,18,19);/q;;+2/p-2/b2*13-9-;. The van der Waals surface area contributed by atoms with Crippen LogP contribution in [0.2, 0.25) is 0 Å². The number of para-hydroxylation sites is 4. The molecule has 0 bridgehead atoms. The fraction of sp³-hybridized carbons (Fsp3) is 0. The SMILES string of the molecule is [O-]C1=N/C(=C\c2nc3ccccc3o2)c2ccccc21.[O-]C1=N/C(=C\c2nc3ccccc3o2)c2ccccc21.[Zn+2]. The van der Waals surface area contributed by atoms with Gasteiger partial charge in [0.15, 0.2) is 11.2 Å². The van der Waals surface area contributed by atoms with Crippen molar-refractivity contribution in [1.82, 2.24) is 9.97 Å². The Morgan fingerprint density at radius 2 is 0.854 bits per heavy atom. The molecule has 8 nitrogen and oxygen atoms in total. The van der Waals surface area contributed by atoms with Gasteiger partial charge in [0, 0.05) is 23.3 Å². The molecule has 2 aliphatic heterocycles. The Morgan fingerprint density at radius 1 is 0.488 bits per heavy atom. The van der Waals surface area contributed by atoms with Gasteiger partial charge in [0.2, 0.25) is 11.8 Å². The molecule has 192 valence electrons.